The number of ether oxygens (including phenoxy) is 1. The Morgan fingerprint density at radius 3 is 2.38 bits per heavy atom. The van der Waals surface area contributed by atoms with Crippen molar-refractivity contribution < 1.29 is 17.9 Å². The van der Waals surface area contributed by atoms with Crippen LogP contribution in [0.2, 0.25) is 0 Å². The van der Waals surface area contributed by atoms with E-state index in [0.717, 1.165) is 23.2 Å². The Hall–Kier alpha value is -2.04. The van der Waals surface area contributed by atoms with Crippen molar-refractivity contribution in [2.24, 2.45) is 10.7 Å². The Morgan fingerprint density at radius 2 is 1.81 bits per heavy atom. The molecule has 142 valence electrons. The van der Waals surface area contributed by atoms with Crippen LogP contribution >= 0.6 is 24.0 Å². The lowest BCUT2D eigenvalue weighted by molar-refractivity contribution is -0.274. The number of guanidine groups is 1. The van der Waals surface area contributed by atoms with Crippen LogP contribution in [0.25, 0.3) is 0 Å². The molecule has 9 heteroatoms. The van der Waals surface area contributed by atoms with Crippen molar-refractivity contribution in [2.75, 3.05) is 6.54 Å². The molecule has 0 spiro atoms. The van der Waals surface area contributed by atoms with E-state index in [0.29, 0.717) is 6.54 Å². The molecule has 0 amide bonds. The summed E-state index contributed by atoms with van der Waals surface area (Å²) in [7, 11) is 0. The molecule has 2 aromatic rings. The van der Waals surface area contributed by atoms with Gasteiger partial charge in [-0.1, -0.05) is 18.2 Å². The largest absolute Gasteiger partial charge is 0.573 e. The van der Waals surface area contributed by atoms with E-state index in [2.05, 4.69) is 20.0 Å². The Bertz CT molecular complexity index is 703. The Labute approximate surface area is 166 Å². The second-order valence-corrected chi connectivity index (χ2v) is 5.38. The molecular weight excluding hydrogens is 460 g/mol. The zero-order valence-corrected chi connectivity index (χ0v) is 16.4. The number of alkyl halides is 3. The van der Waals surface area contributed by atoms with Gasteiger partial charge in [0.2, 0.25) is 0 Å². The lowest BCUT2D eigenvalue weighted by atomic mass is 10.2. The highest BCUT2D eigenvalue weighted by Gasteiger charge is 2.30. The van der Waals surface area contributed by atoms with Crippen LogP contribution in [0, 0.1) is 6.92 Å². The summed E-state index contributed by atoms with van der Waals surface area (Å²) >= 11 is 0. The van der Waals surface area contributed by atoms with Gasteiger partial charge in [0.1, 0.15) is 5.75 Å². The number of nitrogens with zero attached hydrogens (tertiary/aromatic N) is 2. The number of halogens is 4. The number of hydrogen-bond donors (Lipinski definition) is 2. The molecule has 2 rings (SSSR count). The quantitative estimate of drug-likeness (QED) is 0.377. The molecule has 5 nitrogen and oxygen atoms in total. The number of nitrogens with two attached hydrogens (primary N) is 1. The smallest absolute Gasteiger partial charge is 0.406 e. The molecule has 0 fully saturated rings. The zero-order valence-electron chi connectivity index (χ0n) is 14.1. The SMILES string of the molecule is Cc1ccc(CCNC(N)=NCc2ccc(OC(F)(F)F)cc2)cn1.I. The van der Waals surface area contributed by atoms with Crippen molar-refractivity contribution >= 4 is 29.9 Å². The van der Waals surface area contributed by atoms with Gasteiger partial charge in [0.15, 0.2) is 5.96 Å². The average molecular weight is 480 g/mol. The minimum atomic E-state index is -4.69. The highest BCUT2D eigenvalue weighted by Crippen LogP contribution is 2.22. The summed E-state index contributed by atoms with van der Waals surface area (Å²) in [6, 6.07) is 9.45. The average Bonchev–Trinajstić information content (AvgIpc) is 2.55. The van der Waals surface area contributed by atoms with Crippen LogP contribution < -0.4 is 15.8 Å². The Morgan fingerprint density at radius 1 is 1.15 bits per heavy atom. The first-order chi connectivity index (χ1) is 11.8. The van der Waals surface area contributed by atoms with Crippen LogP contribution in [-0.2, 0) is 13.0 Å². The van der Waals surface area contributed by atoms with Crippen molar-refractivity contribution in [3.63, 3.8) is 0 Å². The van der Waals surface area contributed by atoms with Crippen molar-refractivity contribution in [1.82, 2.24) is 10.3 Å². The molecule has 0 radical (unpaired) electrons. The minimum Gasteiger partial charge on any atom is -0.406 e. The molecule has 1 heterocycles. The lowest BCUT2D eigenvalue weighted by Gasteiger charge is -2.09. The molecule has 0 aliphatic carbocycles. The molecule has 3 N–H and O–H groups in total. The number of pyridine rings is 1. The minimum absolute atomic E-state index is 0. The van der Waals surface area contributed by atoms with Gasteiger partial charge in [0, 0.05) is 18.4 Å². The maximum atomic E-state index is 12.1. The Kier molecular flexibility index (Phi) is 8.62. The van der Waals surface area contributed by atoms with Crippen molar-refractivity contribution in [1.29, 1.82) is 0 Å². The fourth-order valence-electron chi connectivity index (χ4n) is 2.01. The molecule has 0 saturated heterocycles. The van der Waals surface area contributed by atoms with E-state index >= 15 is 0 Å². The van der Waals surface area contributed by atoms with Crippen molar-refractivity contribution in [2.45, 2.75) is 26.3 Å². The second-order valence-electron chi connectivity index (χ2n) is 5.38. The molecule has 0 saturated carbocycles. The number of nitrogens with one attached hydrogen (secondary N) is 1. The third kappa shape index (κ3) is 8.37. The maximum absolute atomic E-state index is 12.1. The summed E-state index contributed by atoms with van der Waals surface area (Å²) in [6.07, 6.45) is -2.12. The highest BCUT2D eigenvalue weighted by molar-refractivity contribution is 14.0. The van der Waals surface area contributed by atoms with Gasteiger partial charge in [-0.05, 0) is 42.7 Å². The molecule has 0 aliphatic rings. The van der Waals surface area contributed by atoms with Crippen molar-refractivity contribution in [3.05, 3.63) is 59.4 Å². The number of aromatic nitrogens is 1. The molecule has 0 aliphatic heterocycles. The number of aliphatic imine (C=N–C) groups is 1. The monoisotopic (exact) mass is 480 g/mol. The maximum Gasteiger partial charge on any atom is 0.573 e. The van der Waals surface area contributed by atoms with E-state index in [1.807, 2.05) is 25.3 Å². The van der Waals surface area contributed by atoms with Gasteiger partial charge in [-0.3, -0.25) is 4.98 Å². The summed E-state index contributed by atoms with van der Waals surface area (Å²) in [5.41, 5.74) is 8.55. The highest BCUT2D eigenvalue weighted by atomic mass is 127. The normalized spacial score (nSPS) is 11.6. The van der Waals surface area contributed by atoms with Gasteiger partial charge < -0.3 is 15.8 Å². The Balaban J connectivity index is 0.00000338. The first kappa shape index (κ1) is 22.0. The molecule has 26 heavy (non-hydrogen) atoms. The van der Waals surface area contributed by atoms with Gasteiger partial charge in [-0.25, -0.2) is 4.99 Å². The lowest BCUT2D eigenvalue weighted by Crippen LogP contribution is -2.33. The van der Waals surface area contributed by atoms with E-state index < -0.39 is 6.36 Å². The third-order valence-corrected chi connectivity index (χ3v) is 3.28. The molecule has 0 bridgehead atoms. The fourth-order valence-corrected chi connectivity index (χ4v) is 2.01. The van der Waals surface area contributed by atoms with E-state index in [9.17, 15) is 13.2 Å². The predicted molar refractivity (Wildman–Crippen MR) is 105 cm³/mol. The number of aryl methyl sites for hydroxylation is 1. The standard InChI is InChI=1S/C17H19F3N4O.HI/c1-12-2-3-14(10-23-12)8-9-22-16(21)24-11-13-4-6-15(7-5-13)25-17(18,19)20;/h2-7,10H,8-9,11H2,1H3,(H3,21,22,24);1H. The van der Waals surface area contributed by atoms with Crippen LogP contribution in [0.1, 0.15) is 16.8 Å². The van der Waals surface area contributed by atoms with Gasteiger partial charge in [0.05, 0.1) is 6.54 Å². The summed E-state index contributed by atoms with van der Waals surface area (Å²) in [4.78, 5) is 8.36. The van der Waals surface area contributed by atoms with Crippen LogP contribution in [-0.4, -0.2) is 23.9 Å². The fraction of sp³-hybridized carbons (Fsp3) is 0.294. The molecule has 1 aromatic carbocycles. The van der Waals surface area contributed by atoms with Crippen LogP contribution in [0.4, 0.5) is 13.2 Å². The van der Waals surface area contributed by atoms with Crippen LogP contribution in [0.15, 0.2) is 47.6 Å². The van der Waals surface area contributed by atoms with Gasteiger partial charge >= 0.3 is 6.36 Å². The van der Waals surface area contributed by atoms with E-state index in [1.165, 1.54) is 24.3 Å². The second kappa shape index (κ2) is 10.2. The molecular formula is C17H20F3IN4O. The molecule has 0 atom stereocenters. The summed E-state index contributed by atoms with van der Waals surface area (Å²) < 4.78 is 40.1. The first-order valence-corrected chi connectivity index (χ1v) is 7.62. The van der Waals surface area contributed by atoms with Gasteiger partial charge in [0.25, 0.3) is 0 Å². The summed E-state index contributed by atoms with van der Waals surface area (Å²) in [6.45, 7) is 2.80. The molecule has 1 aromatic heterocycles. The molecule has 0 unspecified atom stereocenters. The van der Waals surface area contributed by atoms with E-state index in [-0.39, 0.29) is 42.2 Å². The topological polar surface area (TPSA) is 72.5 Å². The van der Waals surface area contributed by atoms with Gasteiger partial charge in [-0.15, -0.1) is 37.1 Å². The summed E-state index contributed by atoms with van der Waals surface area (Å²) in [5, 5.41) is 2.98. The van der Waals surface area contributed by atoms with Crippen LogP contribution in [0.3, 0.4) is 0 Å². The zero-order chi connectivity index (χ0) is 18.3. The first-order valence-electron chi connectivity index (χ1n) is 7.62. The number of hydrogen-bond acceptors (Lipinski definition) is 3. The number of benzene rings is 1. The summed E-state index contributed by atoms with van der Waals surface area (Å²) in [5.74, 6) is 0.00808. The third-order valence-electron chi connectivity index (χ3n) is 3.28. The van der Waals surface area contributed by atoms with E-state index in [1.54, 1.807) is 0 Å². The van der Waals surface area contributed by atoms with Gasteiger partial charge in [-0.2, -0.15) is 0 Å². The van der Waals surface area contributed by atoms with Crippen molar-refractivity contribution in [3.8, 4) is 5.75 Å². The van der Waals surface area contributed by atoms with Crippen LogP contribution in [0.5, 0.6) is 5.75 Å². The predicted octanol–water partition coefficient (Wildman–Crippen LogP) is 3.55. The number of rotatable bonds is 6. The van der Waals surface area contributed by atoms with E-state index in [4.69, 9.17) is 5.73 Å².